The number of pyridine rings is 1. The molecule has 0 aliphatic carbocycles. The molecule has 0 bridgehead atoms. The van der Waals surface area contributed by atoms with Crippen LogP contribution in [0.15, 0.2) is 18.3 Å². The van der Waals surface area contributed by atoms with Crippen LogP contribution in [0.2, 0.25) is 0 Å². The van der Waals surface area contributed by atoms with E-state index in [1.54, 1.807) is 0 Å². The molecule has 0 aliphatic heterocycles. The van der Waals surface area contributed by atoms with Gasteiger partial charge < -0.3 is 4.74 Å². The molecule has 0 spiro atoms. The van der Waals surface area contributed by atoms with E-state index in [9.17, 15) is 13.2 Å². The van der Waals surface area contributed by atoms with E-state index in [0.29, 0.717) is 0 Å². The van der Waals surface area contributed by atoms with Gasteiger partial charge in [0, 0.05) is 6.07 Å². The van der Waals surface area contributed by atoms with Crippen LogP contribution in [0.25, 0.3) is 5.52 Å². The average Bonchev–Trinajstić information content (AvgIpc) is 2.61. The molecule has 0 aromatic carbocycles. The van der Waals surface area contributed by atoms with E-state index < -0.39 is 12.4 Å². The number of aryl methyl sites for hydroxylation is 1. The molecule has 15 heavy (non-hydrogen) atoms. The predicted molar refractivity (Wildman–Crippen MR) is 46.5 cm³/mol. The van der Waals surface area contributed by atoms with Crippen molar-refractivity contribution in [2.24, 2.45) is 0 Å². The summed E-state index contributed by atoms with van der Waals surface area (Å²) in [4.78, 5) is 0. The third-order valence-corrected chi connectivity index (χ3v) is 1.97. The Hall–Kier alpha value is -1.72. The first-order valence-electron chi connectivity index (χ1n) is 4.17. The summed E-state index contributed by atoms with van der Waals surface area (Å²) in [5.41, 5.74) is 0.351. The molecule has 6 heteroatoms. The van der Waals surface area contributed by atoms with Crippen LogP contribution in [-0.4, -0.2) is 16.2 Å². The smallest absolute Gasteiger partial charge is 0.388 e. The maximum atomic E-state index is 13.4. The largest absolute Gasteiger partial charge is 0.417 e. The van der Waals surface area contributed by atoms with Crippen molar-refractivity contribution >= 4 is 5.52 Å². The van der Waals surface area contributed by atoms with Crippen molar-refractivity contribution in [1.82, 2.24) is 9.61 Å². The van der Waals surface area contributed by atoms with E-state index in [4.69, 9.17) is 0 Å². The zero-order valence-corrected chi connectivity index (χ0v) is 7.75. The zero-order valence-electron chi connectivity index (χ0n) is 7.75. The van der Waals surface area contributed by atoms with Crippen molar-refractivity contribution in [3.8, 4) is 5.88 Å². The first kappa shape index (κ1) is 9.82. The van der Waals surface area contributed by atoms with Crippen molar-refractivity contribution in [3.63, 3.8) is 0 Å². The van der Waals surface area contributed by atoms with Crippen LogP contribution >= 0.6 is 0 Å². The Morgan fingerprint density at radius 3 is 2.87 bits per heavy atom. The van der Waals surface area contributed by atoms with Crippen LogP contribution in [0.5, 0.6) is 5.88 Å². The molecule has 2 aromatic heterocycles. The Bertz CT molecular complexity index is 495. The van der Waals surface area contributed by atoms with E-state index in [2.05, 4.69) is 9.84 Å². The molecule has 3 nitrogen and oxygen atoms in total. The molecule has 2 aromatic rings. The number of nitrogens with zero attached hydrogens (tertiary/aromatic N) is 2. The van der Waals surface area contributed by atoms with Gasteiger partial charge in [0.2, 0.25) is 5.88 Å². The van der Waals surface area contributed by atoms with Gasteiger partial charge in [-0.1, -0.05) is 0 Å². The van der Waals surface area contributed by atoms with E-state index >= 15 is 0 Å². The molecule has 0 unspecified atom stereocenters. The van der Waals surface area contributed by atoms with Gasteiger partial charge in [0.15, 0.2) is 5.82 Å². The van der Waals surface area contributed by atoms with Crippen molar-refractivity contribution < 1.29 is 17.9 Å². The van der Waals surface area contributed by atoms with Crippen LogP contribution in [0.1, 0.15) is 5.56 Å². The minimum atomic E-state index is -2.96. The fourth-order valence-electron chi connectivity index (χ4n) is 1.33. The van der Waals surface area contributed by atoms with Gasteiger partial charge in [-0.2, -0.15) is 18.4 Å². The number of halogens is 3. The van der Waals surface area contributed by atoms with Crippen molar-refractivity contribution in [2.45, 2.75) is 13.5 Å². The Balaban J connectivity index is 2.63. The van der Waals surface area contributed by atoms with E-state index in [1.807, 2.05) is 0 Å². The molecule has 2 heterocycles. The third kappa shape index (κ3) is 1.62. The molecule has 0 saturated carbocycles. The number of rotatable bonds is 2. The van der Waals surface area contributed by atoms with E-state index in [0.717, 1.165) is 4.52 Å². The average molecular weight is 216 g/mol. The summed E-state index contributed by atoms with van der Waals surface area (Å²) in [6.45, 7) is -1.48. The van der Waals surface area contributed by atoms with Crippen LogP contribution < -0.4 is 4.74 Å². The van der Waals surface area contributed by atoms with Gasteiger partial charge in [0.25, 0.3) is 0 Å². The van der Waals surface area contributed by atoms with Crippen LogP contribution in [-0.2, 0) is 0 Å². The maximum Gasteiger partial charge on any atom is 0.388 e. The maximum absolute atomic E-state index is 13.4. The highest BCUT2D eigenvalue weighted by Gasteiger charge is 2.13. The minimum absolute atomic E-state index is 0.116. The SMILES string of the molecule is Cc1cc(OC(F)F)n2nccc2c1F. The number of hydrogen-bond acceptors (Lipinski definition) is 2. The molecule has 0 fully saturated rings. The van der Waals surface area contributed by atoms with Crippen LogP contribution in [0, 0.1) is 12.7 Å². The summed E-state index contributed by atoms with van der Waals surface area (Å²) in [6.07, 6.45) is 1.32. The summed E-state index contributed by atoms with van der Waals surface area (Å²) < 4.78 is 42.7. The van der Waals surface area contributed by atoms with Gasteiger partial charge in [-0.15, -0.1) is 0 Å². The standard InChI is InChI=1S/C9H7F3N2O/c1-5-4-7(15-9(11)12)14-6(8(5)10)2-3-13-14/h2-4,9H,1H3. The van der Waals surface area contributed by atoms with Crippen LogP contribution in [0.4, 0.5) is 13.2 Å². The van der Waals surface area contributed by atoms with Gasteiger partial charge in [-0.3, -0.25) is 0 Å². The van der Waals surface area contributed by atoms with Gasteiger partial charge in [-0.25, -0.2) is 4.39 Å². The summed E-state index contributed by atoms with van der Waals surface area (Å²) in [5, 5.41) is 3.69. The number of hydrogen-bond donors (Lipinski definition) is 0. The van der Waals surface area contributed by atoms with Crippen molar-refractivity contribution in [3.05, 3.63) is 29.7 Å². The highest BCUT2D eigenvalue weighted by Crippen LogP contribution is 2.22. The number of alkyl halides is 2. The summed E-state index contributed by atoms with van der Waals surface area (Å²) in [5.74, 6) is -0.669. The lowest BCUT2D eigenvalue weighted by Crippen LogP contribution is -2.08. The van der Waals surface area contributed by atoms with Crippen LogP contribution in [0.3, 0.4) is 0 Å². The normalized spacial score (nSPS) is 11.3. The Labute approximate surface area is 83.1 Å². The fourth-order valence-corrected chi connectivity index (χ4v) is 1.33. The zero-order chi connectivity index (χ0) is 11.0. The molecule has 0 radical (unpaired) electrons. The lowest BCUT2D eigenvalue weighted by atomic mass is 10.2. The highest BCUT2D eigenvalue weighted by molar-refractivity contribution is 5.52. The molecule has 80 valence electrons. The lowest BCUT2D eigenvalue weighted by Gasteiger charge is -2.08. The summed E-state index contributed by atoms with van der Waals surface area (Å²) in [7, 11) is 0. The Morgan fingerprint density at radius 1 is 1.47 bits per heavy atom. The lowest BCUT2D eigenvalue weighted by molar-refractivity contribution is -0.0543. The third-order valence-electron chi connectivity index (χ3n) is 1.97. The van der Waals surface area contributed by atoms with E-state index in [-0.39, 0.29) is 17.0 Å². The van der Waals surface area contributed by atoms with Gasteiger partial charge in [-0.05, 0) is 18.6 Å². The first-order chi connectivity index (χ1) is 7.09. The van der Waals surface area contributed by atoms with Crippen molar-refractivity contribution in [1.29, 1.82) is 0 Å². The molecule has 0 atom stereocenters. The number of ether oxygens (including phenoxy) is 1. The Morgan fingerprint density at radius 2 is 2.20 bits per heavy atom. The second-order valence-corrected chi connectivity index (χ2v) is 2.99. The van der Waals surface area contributed by atoms with Gasteiger partial charge >= 0.3 is 6.61 Å². The monoisotopic (exact) mass is 216 g/mol. The molecule has 0 aliphatic rings. The summed E-state index contributed by atoms with van der Waals surface area (Å²) in [6, 6.07) is 2.57. The molecule has 0 N–H and O–H groups in total. The van der Waals surface area contributed by atoms with Gasteiger partial charge in [0.05, 0.1) is 6.20 Å². The first-order valence-corrected chi connectivity index (χ1v) is 4.17. The molecule has 2 rings (SSSR count). The number of fused-ring (bicyclic) bond motifs is 1. The number of aromatic nitrogens is 2. The second-order valence-electron chi connectivity index (χ2n) is 2.99. The quantitative estimate of drug-likeness (QED) is 0.770. The predicted octanol–water partition coefficient (Wildman–Crippen LogP) is 2.38. The minimum Gasteiger partial charge on any atom is -0.417 e. The topological polar surface area (TPSA) is 26.5 Å². The molecule has 0 amide bonds. The highest BCUT2D eigenvalue weighted by atomic mass is 19.3. The van der Waals surface area contributed by atoms with Gasteiger partial charge in [0.1, 0.15) is 5.52 Å². The molecular formula is C9H7F3N2O. The molecule has 0 saturated heterocycles. The Kier molecular flexibility index (Phi) is 2.26. The van der Waals surface area contributed by atoms with E-state index in [1.165, 1.54) is 25.3 Å². The van der Waals surface area contributed by atoms with Crippen molar-refractivity contribution in [2.75, 3.05) is 0 Å². The second kappa shape index (κ2) is 3.45. The molecular weight excluding hydrogens is 209 g/mol. The summed E-state index contributed by atoms with van der Waals surface area (Å²) >= 11 is 0. The fraction of sp³-hybridized carbons (Fsp3) is 0.222.